The maximum atomic E-state index is 12.0. The summed E-state index contributed by atoms with van der Waals surface area (Å²) in [6, 6.07) is 11.6. The monoisotopic (exact) mass is 328 g/mol. The predicted octanol–water partition coefficient (Wildman–Crippen LogP) is 2.66. The van der Waals surface area contributed by atoms with E-state index in [4.69, 9.17) is 4.74 Å². The topological polar surface area (TPSA) is 66.5 Å². The van der Waals surface area contributed by atoms with Crippen molar-refractivity contribution in [1.29, 1.82) is 0 Å². The normalized spacial score (nSPS) is 10.3. The molecular formula is C18H24N4O2. The van der Waals surface area contributed by atoms with Crippen molar-refractivity contribution in [2.45, 2.75) is 6.42 Å². The third-order valence-corrected chi connectivity index (χ3v) is 3.49. The van der Waals surface area contributed by atoms with Crippen molar-refractivity contribution in [2.75, 3.05) is 44.6 Å². The number of methoxy groups -OCH3 is 1. The molecule has 0 saturated heterocycles. The van der Waals surface area contributed by atoms with Crippen LogP contribution in [0.5, 0.6) is 0 Å². The minimum atomic E-state index is -0.125. The van der Waals surface area contributed by atoms with Crippen LogP contribution in [0, 0.1) is 0 Å². The van der Waals surface area contributed by atoms with Crippen molar-refractivity contribution in [1.82, 2.24) is 10.3 Å². The smallest absolute Gasteiger partial charge is 0.252 e. The van der Waals surface area contributed by atoms with E-state index in [9.17, 15) is 4.79 Å². The van der Waals surface area contributed by atoms with Crippen LogP contribution >= 0.6 is 0 Å². The molecule has 6 nitrogen and oxygen atoms in total. The first kappa shape index (κ1) is 17.7. The summed E-state index contributed by atoms with van der Waals surface area (Å²) >= 11 is 0. The predicted molar refractivity (Wildman–Crippen MR) is 97.1 cm³/mol. The number of hydrogen-bond acceptors (Lipinski definition) is 5. The quantitative estimate of drug-likeness (QED) is 0.729. The van der Waals surface area contributed by atoms with E-state index in [0.29, 0.717) is 24.5 Å². The van der Waals surface area contributed by atoms with Gasteiger partial charge in [-0.1, -0.05) is 0 Å². The molecule has 0 unspecified atom stereocenters. The van der Waals surface area contributed by atoms with Gasteiger partial charge in [-0.25, -0.2) is 4.98 Å². The summed E-state index contributed by atoms with van der Waals surface area (Å²) in [5.74, 6) is 0.573. The van der Waals surface area contributed by atoms with E-state index in [1.807, 2.05) is 43.3 Å². The van der Waals surface area contributed by atoms with Crippen LogP contribution in [0.25, 0.3) is 0 Å². The zero-order valence-corrected chi connectivity index (χ0v) is 14.4. The van der Waals surface area contributed by atoms with Crippen molar-refractivity contribution in [3.63, 3.8) is 0 Å². The van der Waals surface area contributed by atoms with E-state index in [1.54, 1.807) is 25.4 Å². The van der Waals surface area contributed by atoms with Crippen LogP contribution in [-0.4, -0.2) is 45.2 Å². The van der Waals surface area contributed by atoms with Gasteiger partial charge in [0.1, 0.15) is 5.82 Å². The fourth-order valence-electron chi connectivity index (χ4n) is 2.11. The van der Waals surface area contributed by atoms with Crippen LogP contribution in [0.1, 0.15) is 16.8 Å². The van der Waals surface area contributed by atoms with E-state index in [2.05, 4.69) is 15.6 Å². The van der Waals surface area contributed by atoms with Crippen molar-refractivity contribution >= 4 is 23.1 Å². The van der Waals surface area contributed by atoms with E-state index >= 15 is 0 Å². The van der Waals surface area contributed by atoms with Crippen molar-refractivity contribution in [3.05, 3.63) is 48.2 Å². The standard InChI is InChI=1S/C18H24N4O2/c1-22(2)16-8-6-15(7-9-16)21-17-10-5-14(13-20-17)18(23)19-11-4-12-24-3/h5-10,13H,4,11-12H2,1-3H3,(H,19,23)(H,20,21). The molecule has 0 saturated carbocycles. The number of anilines is 3. The molecule has 6 heteroatoms. The van der Waals surface area contributed by atoms with Crippen LogP contribution in [0.2, 0.25) is 0 Å². The number of benzene rings is 1. The molecule has 24 heavy (non-hydrogen) atoms. The molecule has 1 aromatic carbocycles. The average Bonchev–Trinajstić information content (AvgIpc) is 2.59. The zero-order valence-electron chi connectivity index (χ0n) is 14.4. The minimum Gasteiger partial charge on any atom is -0.385 e. The first-order valence-electron chi connectivity index (χ1n) is 7.88. The summed E-state index contributed by atoms with van der Waals surface area (Å²) in [6.45, 7) is 1.22. The number of rotatable bonds is 8. The Bertz CT molecular complexity index is 639. The van der Waals surface area contributed by atoms with Gasteiger partial charge in [0.25, 0.3) is 5.91 Å². The SMILES string of the molecule is COCCCNC(=O)c1ccc(Nc2ccc(N(C)C)cc2)nc1. The van der Waals surface area contributed by atoms with Crippen LogP contribution in [0.3, 0.4) is 0 Å². The summed E-state index contributed by atoms with van der Waals surface area (Å²) in [5, 5.41) is 6.05. The van der Waals surface area contributed by atoms with Gasteiger partial charge in [-0.3, -0.25) is 4.79 Å². The summed E-state index contributed by atoms with van der Waals surface area (Å²) in [5.41, 5.74) is 2.62. The van der Waals surface area contributed by atoms with Gasteiger partial charge in [-0.2, -0.15) is 0 Å². The number of carbonyl (C=O) groups excluding carboxylic acids is 1. The molecule has 2 rings (SSSR count). The molecule has 2 aromatic rings. The Kier molecular flexibility index (Phi) is 6.57. The molecule has 0 bridgehead atoms. The van der Waals surface area contributed by atoms with Gasteiger partial charge in [-0.05, 0) is 42.8 Å². The van der Waals surface area contributed by atoms with Crippen LogP contribution in [-0.2, 0) is 4.74 Å². The number of nitrogens with one attached hydrogen (secondary N) is 2. The van der Waals surface area contributed by atoms with Gasteiger partial charge in [-0.15, -0.1) is 0 Å². The van der Waals surface area contributed by atoms with E-state index in [0.717, 1.165) is 17.8 Å². The largest absolute Gasteiger partial charge is 0.385 e. The second-order valence-electron chi connectivity index (χ2n) is 5.60. The molecule has 1 amide bonds. The Morgan fingerprint density at radius 1 is 1.17 bits per heavy atom. The van der Waals surface area contributed by atoms with Gasteiger partial charge < -0.3 is 20.3 Å². The molecule has 0 aliphatic rings. The summed E-state index contributed by atoms with van der Waals surface area (Å²) in [4.78, 5) is 18.3. The molecule has 0 aliphatic heterocycles. The Hall–Kier alpha value is -2.60. The summed E-state index contributed by atoms with van der Waals surface area (Å²) < 4.78 is 4.95. The highest BCUT2D eigenvalue weighted by molar-refractivity contribution is 5.94. The lowest BCUT2D eigenvalue weighted by Crippen LogP contribution is -2.25. The van der Waals surface area contributed by atoms with Gasteiger partial charge in [0.15, 0.2) is 0 Å². The number of ether oxygens (including phenoxy) is 1. The molecule has 1 heterocycles. The first-order valence-corrected chi connectivity index (χ1v) is 7.88. The number of nitrogens with zero attached hydrogens (tertiary/aromatic N) is 2. The zero-order chi connectivity index (χ0) is 17.4. The molecule has 0 spiro atoms. The number of pyridine rings is 1. The number of hydrogen-bond donors (Lipinski definition) is 2. The molecule has 2 N–H and O–H groups in total. The van der Waals surface area contributed by atoms with Gasteiger partial charge in [0.05, 0.1) is 5.56 Å². The third kappa shape index (κ3) is 5.24. The lowest BCUT2D eigenvalue weighted by atomic mass is 10.2. The first-order chi connectivity index (χ1) is 11.6. The number of aromatic nitrogens is 1. The molecule has 0 atom stereocenters. The Morgan fingerprint density at radius 2 is 1.92 bits per heavy atom. The highest BCUT2D eigenvalue weighted by atomic mass is 16.5. The molecular weight excluding hydrogens is 304 g/mol. The Balaban J connectivity index is 1.90. The maximum absolute atomic E-state index is 12.0. The highest BCUT2D eigenvalue weighted by Gasteiger charge is 2.05. The van der Waals surface area contributed by atoms with Gasteiger partial charge in [0.2, 0.25) is 0 Å². The van der Waals surface area contributed by atoms with Crippen molar-refractivity contribution < 1.29 is 9.53 Å². The third-order valence-electron chi connectivity index (χ3n) is 3.49. The van der Waals surface area contributed by atoms with Crippen LogP contribution in [0.4, 0.5) is 17.2 Å². The van der Waals surface area contributed by atoms with Gasteiger partial charge in [0, 0.05) is 51.9 Å². The fraction of sp³-hybridized carbons (Fsp3) is 0.333. The molecule has 0 aliphatic carbocycles. The number of amides is 1. The van der Waals surface area contributed by atoms with E-state index < -0.39 is 0 Å². The van der Waals surface area contributed by atoms with Crippen LogP contribution < -0.4 is 15.5 Å². The van der Waals surface area contributed by atoms with E-state index in [-0.39, 0.29) is 5.91 Å². The minimum absolute atomic E-state index is 0.125. The molecule has 1 aromatic heterocycles. The van der Waals surface area contributed by atoms with Crippen molar-refractivity contribution in [3.8, 4) is 0 Å². The molecule has 128 valence electrons. The molecule has 0 radical (unpaired) electrons. The lowest BCUT2D eigenvalue weighted by Gasteiger charge is -2.13. The lowest BCUT2D eigenvalue weighted by molar-refractivity contribution is 0.0948. The summed E-state index contributed by atoms with van der Waals surface area (Å²) in [6.07, 6.45) is 2.36. The van der Waals surface area contributed by atoms with Gasteiger partial charge >= 0.3 is 0 Å². The summed E-state index contributed by atoms with van der Waals surface area (Å²) in [7, 11) is 5.65. The second kappa shape index (κ2) is 8.88. The maximum Gasteiger partial charge on any atom is 0.252 e. The molecule has 0 fully saturated rings. The highest BCUT2D eigenvalue weighted by Crippen LogP contribution is 2.19. The second-order valence-corrected chi connectivity index (χ2v) is 5.60. The van der Waals surface area contributed by atoms with Crippen molar-refractivity contribution in [2.24, 2.45) is 0 Å². The Morgan fingerprint density at radius 3 is 2.50 bits per heavy atom. The number of carbonyl (C=O) groups is 1. The average molecular weight is 328 g/mol. The van der Waals surface area contributed by atoms with E-state index in [1.165, 1.54) is 0 Å². The Labute approximate surface area is 142 Å². The van der Waals surface area contributed by atoms with Crippen LogP contribution in [0.15, 0.2) is 42.6 Å². The fourth-order valence-corrected chi connectivity index (χ4v) is 2.11.